The normalized spacial score (nSPS) is 31.1. The molecule has 34 heavy (non-hydrogen) atoms. The van der Waals surface area contributed by atoms with Gasteiger partial charge in [0.1, 0.15) is 17.9 Å². The van der Waals surface area contributed by atoms with Gasteiger partial charge >= 0.3 is 23.5 Å². The van der Waals surface area contributed by atoms with Gasteiger partial charge in [0.2, 0.25) is 5.67 Å². The molecule has 16 nitrogen and oxygen atoms in total. The van der Waals surface area contributed by atoms with Crippen LogP contribution in [0.15, 0.2) is 12.7 Å². The molecule has 1 aliphatic carbocycles. The van der Waals surface area contributed by atoms with E-state index in [1.165, 1.54) is 17.8 Å². The third-order valence-corrected chi connectivity index (χ3v) is 9.00. The first-order valence-corrected chi connectivity index (χ1v) is 13.6. The van der Waals surface area contributed by atoms with Crippen molar-refractivity contribution < 1.29 is 55.9 Å². The van der Waals surface area contributed by atoms with Crippen LogP contribution in [0.4, 0.5) is 10.2 Å². The maximum Gasteiger partial charge on any atom is 0.490 e. The number of nitrogen functional groups attached to an aromatic ring is 1. The van der Waals surface area contributed by atoms with E-state index in [1.807, 2.05) is 5.92 Å². The highest BCUT2D eigenvalue weighted by Gasteiger charge is 2.60. The van der Waals surface area contributed by atoms with E-state index < -0.39 is 59.7 Å². The van der Waals surface area contributed by atoms with Crippen molar-refractivity contribution in [3.05, 3.63) is 12.7 Å². The van der Waals surface area contributed by atoms with Crippen LogP contribution in [0.1, 0.15) is 13.0 Å². The smallest absolute Gasteiger partial charge is 0.388 e. The quantitative estimate of drug-likeness (QED) is 0.192. The average molecular weight is 545 g/mol. The fraction of sp³-hybridized carbons (Fsp3) is 0.500. The molecule has 0 amide bonds. The molecule has 2 unspecified atom stereocenters. The van der Waals surface area contributed by atoms with Crippen LogP contribution in [-0.4, -0.2) is 62.6 Å². The largest absolute Gasteiger partial charge is 0.490 e. The molecule has 7 atom stereocenters. The van der Waals surface area contributed by atoms with Crippen LogP contribution in [0.5, 0.6) is 0 Å². The summed E-state index contributed by atoms with van der Waals surface area (Å²) in [4.78, 5) is 47.8. The molecule has 0 aliphatic heterocycles. The van der Waals surface area contributed by atoms with E-state index in [0.717, 1.165) is 6.33 Å². The molecule has 2 aromatic heterocycles. The van der Waals surface area contributed by atoms with Crippen LogP contribution in [0, 0.1) is 24.2 Å². The number of halogens is 1. The lowest BCUT2D eigenvalue weighted by Gasteiger charge is -2.27. The Labute approximate surface area is 190 Å². The number of alkyl halides is 1. The fourth-order valence-electron chi connectivity index (χ4n) is 3.82. The second-order valence-electron chi connectivity index (χ2n) is 7.29. The molecule has 0 bridgehead atoms. The number of imidazole rings is 1. The zero-order chi connectivity index (χ0) is 25.7. The molecule has 0 radical (unpaired) electrons. The van der Waals surface area contributed by atoms with Crippen molar-refractivity contribution in [2.24, 2.45) is 11.8 Å². The monoisotopic (exact) mass is 545 g/mol. The summed E-state index contributed by atoms with van der Waals surface area (Å²) in [6, 6.07) is -1.32. The molecule has 2 aromatic rings. The summed E-state index contributed by atoms with van der Waals surface area (Å²) in [5.41, 5.74) is 3.22. The van der Waals surface area contributed by atoms with Gasteiger partial charge in [-0.3, -0.25) is 4.52 Å². The van der Waals surface area contributed by atoms with Gasteiger partial charge in [-0.1, -0.05) is 12.8 Å². The maximum absolute atomic E-state index is 15.8. The van der Waals surface area contributed by atoms with Crippen molar-refractivity contribution in [1.82, 2.24) is 19.5 Å². The SMILES string of the molecule is C#C[C@@]1(F)[C@H](O)[C@@H](COP(=O)(O)OP(=O)(O)OP(=O)(O)O)[C@H](C)[C@H]1n1cnc2c(N)ncnc21. The Bertz CT molecular complexity index is 1280. The average Bonchev–Trinajstić information content (AvgIpc) is 3.16. The van der Waals surface area contributed by atoms with Gasteiger partial charge in [0, 0.05) is 5.92 Å². The predicted molar refractivity (Wildman–Crippen MR) is 110 cm³/mol. The molecular formula is C14H19FN5O11P3. The molecule has 3 rings (SSSR count). The van der Waals surface area contributed by atoms with E-state index in [9.17, 15) is 28.6 Å². The zero-order valence-corrected chi connectivity index (χ0v) is 19.7. The molecule has 7 N–H and O–H groups in total. The van der Waals surface area contributed by atoms with Crippen molar-refractivity contribution in [2.45, 2.75) is 24.7 Å². The van der Waals surface area contributed by atoms with Crippen molar-refractivity contribution >= 4 is 40.4 Å². The summed E-state index contributed by atoms with van der Waals surface area (Å²) in [5, 5.41) is 10.6. The number of hydrogen-bond acceptors (Lipinski definition) is 11. The van der Waals surface area contributed by atoms with Gasteiger partial charge in [-0.05, 0) is 5.92 Å². The van der Waals surface area contributed by atoms with E-state index >= 15 is 4.39 Å². The highest BCUT2D eigenvalue weighted by atomic mass is 31.3. The number of nitrogens with zero attached hydrogens (tertiary/aromatic N) is 4. The number of phosphoric acid groups is 3. The number of rotatable bonds is 8. The highest BCUT2D eigenvalue weighted by Crippen LogP contribution is 2.66. The van der Waals surface area contributed by atoms with E-state index in [0.29, 0.717) is 0 Å². The number of aliphatic hydroxyl groups excluding tert-OH is 1. The van der Waals surface area contributed by atoms with Gasteiger partial charge in [0.25, 0.3) is 0 Å². The number of terminal acetylenes is 1. The third-order valence-electron chi connectivity index (χ3n) is 5.19. The first kappa shape index (κ1) is 26.8. The second kappa shape index (κ2) is 9.02. The molecule has 1 saturated carbocycles. The highest BCUT2D eigenvalue weighted by molar-refractivity contribution is 7.66. The number of hydrogen-bond donors (Lipinski definition) is 6. The summed E-state index contributed by atoms with van der Waals surface area (Å²) < 4.78 is 63.1. The first-order valence-electron chi connectivity index (χ1n) is 9.07. The zero-order valence-electron chi connectivity index (χ0n) is 17.0. The Morgan fingerprint density at radius 2 is 1.85 bits per heavy atom. The molecule has 0 aromatic carbocycles. The summed E-state index contributed by atoms with van der Waals surface area (Å²) in [7, 11) is -16.8. The first-order chi connectivity index (χ1) is 15.5. The van der Waals surface area contributed by atoms with Crippen molar-refractivity contribution in [3.63, 3.8) is 0 Å². The minimum absolute atomic E-state index is 0.00400. The minimum Gasteiger partial charge on any atom is -0.388 e. The topological polar surface area (TPSA) is 250 Å². The minimum atomic E-state index is -5.75. The molecule has 0 saturated heterocycles. The summed E-state index contributed by atoms with van der Waals surface area (Å²) in [6.45, 7) is 0.508. The second-order valence-corrected chi connectivity index (χ2v) is 11.7. The van der Waals surface area contributed by atoms with E-state index in [1.54, 1.807) is 0 Å². The number of fused-ring (bicyclic) bond motifs is 1. The van der Waals surface area contributed by atoms with Gasteiger partial charge < -0.3 is 35.0 Å². The van der Waals surface area contributed by atoms with Gasteiger partial charge in [-0.25, -0.2) is 33.0 Å². The van der Waals surface area contributed by atoms with E-state index in [2.05, 4.69) is 28.1 Å². The van der Waals surface area contributed by atoms with Crippen molar-refractivity contribution in [2.75, 3.05) is 12.3 Å². The fourth-order valence-corrected chi connectivity index (χ4v) is 6.87. The Morgan fingerprint density at radius 3 is 2.44 bits per heavy atom. The molecule has 1 fully saturated rings. The van der Waals surface area contributed by atoms with Crippen LogP contribution in [0.25, 0.3) is 11.2 Å². The number of anilines is 1. The van der Waals surface area contributed by atoms with Gasteiger partial charge in [0.05, 0.1) is 19.0 Å². The summed E-state index contributed by atoms with van der Waals surface area (Å²) >= 11 is 0. The van der Waals surface area contributed by atoms with Crippen LogP contribution in [-0.2, 0) is 26.8 Å². The Kier molecular flexibility index (Phi) is 7.11. The summed E-state index contributed by atoms with van der Waals surface area (Å²) in [6.07, 6.45) is 5.69. The third kappa shape index (κ3) is 5.23. The van der Waals surface area contributed by atoms with E-state index in [4.69, 9.17) is 21.9 Å². The number of phosphoric ester groups is 1. The van der Waals surface area contributed by atoms with Gasteiger partial charge in [-0.15, -0.1) is 6.42 Å². The molecule has 1 aliphatic rings. The van der Waals surface area contributed by atoms with Crippen LogP contribution >= 0.6 is 23.5 Å². The predicted octanol–water partition coefficient (Wildman–Crippen LogP) is 0.261. The molecule has 20 heteroatoms. The molecule has 2 heterocycles. The Morgan fingerprint density at radius 1 is 1.21 bits per heavy atom. The number of nitrogens with two attached hydrogens (primary N) is 1. The van der Waals surface area contributed by atoms with Gasteiger partial charge in [-0.2, -0.15) is 8.62 Å². The number of aliphatic hydroxyl groups is 1. The lowest BCUT2D eigenvalue weighted by molar-refractivity contribution is 0.00292. The van der Waals surface area contributed by atoms with Crippen LogP contribution in [0.2, 0.25) is 0 Å². The van der Waals surface area contributed by atoms with Crippen LogP contribution in [0.3, 0.4) is 0 Å². The van der Waals surface area contributed by atoms with Gasteiger partial charge in [0.15, 0.2) is 11.5 Å². The van der Waals surface area contributed by atoms with Crippen molar-refractivity contribution in [3.8, 4) is 12.3 Å². The number of aromatic nitrogens is 4. The lowest BCUT2D eigenvalue weighted by atomic mass is 9.94. The Balaban J connectivity index is 1.86. The lowest BCUT2D eigenvalue weighted by Crippen LogP contribution is -2.40. The van der Waals surface area contributed by atoms with Crippen LogP contribution < -0.4 is 5.73 Å². The summed E-state index contributed by atoms with van der Waals surface area (Å²) in [5.74, 6) is -0.320. The molecule has 188 valence electrons. The maximum atomic E-state index is 15.8. The standard InChI is InChI=1S/C14H19FN5O11P3/c1-3-14(15)10(20-6-19-9-12(16)17-5-18-13(9)20)7(2)8(11(14)21)4-29-33(25,26)31-34(27,28)30-32(22,23)24/h1,5-8,10-11,21H,4H2,2H3,(H,25,26)(H,27,28)(H2,16,17,18)(H2,22,23,24)/t7-,8-,10+,11+,14-/m0/s1. The molecular weight excluding hydrogens is 526 g/mol. The van der Waals surface area contributed by atoms with Crippen molar-refractivity contribution in [1.29, 1.82) is 0 Å². The Hall–Kier alpha value is -1.79. The van der Waals surface area contributed by atoms with E-state index in [-0.39, 0.29) is 17.0 Å². The molecule has 0 spiro atoms.